The number of thiazole rings is 4. The first-order valence-electron chi connectivity index (χ1n) is 12.4. The Labute approximate surface area is 259 Å². The maximum atomic E-state index is 13.0. The van der Waals surface area contributed by atoms with Crippen LogP contribution in [0.25, 0.3) is 32.7 Å². The van der Waals surface area contributed by atoms with Gasteiger partial charge in [0.05, 0.1) is 16.8 Å². The van der Waals surface area contributed by atoms with Gasteiger partial charge in [-0.2, -0.15) is 0 Å². The Hall–Kier alpha value is -2.95. The molecule has 15 heteroatoms. The zero-order chi connectivity index (χ0) is 29.3. The predicted molar refractivity (Wildman–Crippen MR) is 166 cm³/mol. The zero-order valence-electron chi connectivity index (χ0n) is 22.0. The lowest BCUT2D eigenvalue weighted by Gasteiger charge is -2.18. The van der Waals surface area contributed by atoms with E-state index in [2.05, 4.69) is 50.0 Å². The highest BCUT2D eigenvalue weighted by molar-refractivity contribution is 9.10. The second kappa shape index (κ2) is 12.5. The Morgan fingerprint density at radius 1 is 0.902 bits per heavy atom. The number of rotatable bonds is 10. The molecule has 0 aliphatic rings. The van der Waals surface area contributed by atoms with E-state index in [0.29, 0.717) is 53.9 Å². The minimum absolute atomic E-state index is 0.165. The van der Waals surface area contributed by atoms with Crippen LogP contribution >= 0.6 is 61.3 Å². The summed E-state index contributed by atoms with van der Waals surface area (Å²) in [5, 5.41) is 23.2. The van der Waals surface area contributed by atoms with E-state index in [1.54, 1.807) is 17.7 Å². The SMILES string of the molecule is CC(C)Cc1nc(C(=O)N[C@H](c2nc(-c3nc(-c4nc(Br)cs4)ccc3-c3nc(C(N)=O)cs3)cs2)[C@@H](C)O)cs1. The third kappa shape index (κ3) is 6.76. The highest BCUT2D eigenvalue weighted by Gasteiger charge is 2.26. The first-order valence-corrected chi connectivity index (χ1v) is 16.7. The number of halogens is 1. The number of carbonyl (C=O) groups excluding carboxylic acids is 2. The Morgan fingerprint density at radius 3 is 2.32 bits per heavy atom. The monoisotopic (exact) mass is 689 g/mol. The normalized spacial score (nSPS) is 12.9. The van der Waals surface area contributed by atoms with Gasteiger partial charge in [0.15, 0.2) is 0 Å². The number of aromatic nitrogens is 5. The summed E-state index contributed by atoms with van der Waals surface area (Å²) in [5.74, 6) is -0.568. The lowest BCUT2D eigenvalue weighted by Crippen LogP contribution is -2.35. The van der Waals surface area contributed by atoms with Crippen LogP contribution in [0.15, 0.2) is 38.3 Å². The number of nitrogens with zero attached hydrogens (tertiary/aromatic N) is 5. The van der Waals surface area contributed by atoms with E-state index in [-0.39, 0.29) is 11.6 Å². The van der Waals surface area contributed by atoms with Crippen LogP contribution in [-0.4, -0.2) is 47.9 Å². The highest BCUT2D eigenvalue weighted by Crippen LogP contribution is 2.37. The summed E-state index contributed by atoms with van der Waals surface area (Å²) in [4.78, 5) is 47.7. The van der Waals surface area contributed by atoms with Gasteiger partial charge in [-0.3, -0.25) is 9.59 Å². The van der Waals surface area contributed by atoms with Crippen molar-refractivity contribution in [2.75, 3.05) is 0 Å². The van der Waals surface area contributed by atoms with Crippen LogP contribution in [0.4, 0.5) is 0 Å². The van der Waals surface area contributed by atoms with Gasteiger partial charge in [-0.1, -0.05) is 13.8 Å². The molecule has 0 unspecified atom stereocenters. The molecular weight excluding hydrogens is 667 g/mol. The number of carbonyl (C=O) groups is 2. The van der Waals surface area contributed by atoms with Crippen LogP contribution < -0.4 is 11.1 Å². The molecule has 5 aromatic rings. The molecule has 0 bridgehead atoms. The van der Waals surface area contributed by atoms with Gasteiger partial charge in [-0.25, -0.2) is 24.9 Å². The molecule has 5 rings (SSSR count). The van der Waals surface area contributed by atoms with E-state index in [9.17, 15) is 14.7 Å². The standard InChI is InChI=1S/C26H24BrN7O3S4/c1-11(2)6-19-29-17(9-38-19)23(37)34-20(12(3)35)26-31-15(7-40-26)21-13(24-32-16(8-39-24)22(28)36)4-5-14(30-21)25-33-18(27)10-41-25/h4-5,7-12,20,35H,6H2,1-3H3,(H2,28,36)(H,34,37)/t12-,20+/m1/s1. The molecule has 41 heavy (non-hydrogen) atoms. The fraction of sp³-hybridized carbons (Fsp3) is 0.269. The Balaban J connectivity index is 1.49. The van der Waals surface area contributed by atoms with Crippen molar-refractivity contribution in [3.63, 3.8) is 0 Å². The molecule has 2 amide bonds. The fourth-order valence-electron chi connectivity index (χ4n) is 3.83. The van der Waals surface area contributed by atoms with Crippen LogP contribution in [0.1, 0.15) is 57.8 Å². The average Bonchev–Trinajstić information content (AvgIpc) is 3.73. The van der Waals surface area contributed by atoms with Crippen LogP contribution in [0.5, 0.6) is 0 Å². The molecule has 0 radical (unpaired) electrons. The summed E-state index contributed by atoms with van der Waals surface area (Å²) < 4.78 is 0.707. The van der Waals surface area contributed by atoms with Crippen molar-refractivity contribution in [1.29, 1.82) is 0 Å². The molecule has 4 N–H and O–H groups in total. The second-order valence-corrected chi connectivity index (χ2v) is 13.8. The largest absolute Gasteiger partial charge is 0.391 e. The Bertz CT molecular complexity index is 1710. The zero-order valence-corrected chi connectivity index (χ0v) is 26.8. The van der Waals surface area contributed by atoms with Crippen molar-refractivity contribution in [2.24, 2.45) is 11.7 Å². The summed E-state index contributed by atoms with van der Waals surface area (Å²) in [6, 6.07) is 2.93. The lowest BCUT2D eigenvalue weighted by atomic mass is 10.1. The van der Waals surface area contributed by atoms with Crippen LogP contribution in [-0.2, 0) is 6.42 Å². The van der Waals surface area contributed by atoms with Crippen molar-refractivity contribution in [2.45, 2.75) is 39.3 Å². The van der Waals surface area contributed by atoms with Crippen LogP contribution in [0, 0.1) is 5.92 Å². The Morgan fingerprint density at radius 2 is 1.66 bits per heavy atom. The molecule has 212 valence electrons. The van der Waals surface area contributed by atoms with Crippen molar-refractivity contribution in [1.82, 2.24) is 30.2 Å². The van der Waals surface area contributed by atoms with Gasteiger partial charge in [0.2, 0.25) is 0 Å². The van der Waals surface area contributed by atoms with Crippen LogP contribution in [0.2, 0.25) is 0 Å². The number of aliphatic hydroxyl groups is 1. The van der Waals surface area contributed by atoms with E-state index in [0.717, 1.165) is 11.4 Å². The molecule has 0 spiro atoms. The number of nitrogens with two attached hydrogens (primary N) is 1. The molecule has 0 aliphatic carbocycles. The highest BCUT2D eigenvalue weighted by atomic mass is 79.9. The van der Waals surface area contributed by atoms with Gasteiger partial charge in [-0.15, -0.1) is 45.3 Å². The van der Waals surface area contributed by atoms with Crippen molar-refractivity contribution < 1.29 is 14.7 Å². The number of nitrogens with one attached hydrogen (secondary N) is 1. The third-order valence-corrected chi connectivity index (χ3v) is 9.99. The molecule has 0 saturated heterocycles. The van der Waals surface area contributed by atoms with Gasteiger partial charge in [-0.05, 0) is 40.9 Å². The van der Waals surface area contributed by atoms with Gasteiger partial charge >= 0.3 is 0 Å². The van der Waals surface area contributed by atoms with E-state index >= 15 is 0 Å². The third-order valence-electron chi connectivity index (χ3n) is 5.74. The number of pyridine rings is 1. The van der Waals surface area contributed by atoms with E-state index in [4.69, 9.17) is 15.7 Å². The summed E-state index contributed by atoms with van der Waals surface area (Å²) in [7, 11) is 0. The average molecular weight is 691 g/mol. The first-order chi connectivity index (χ1) is 19.6. The number of aliphatic hydroxyl groups excluding tert-OH is 1. The van der Waals surface area contributed by atoms with Crippen LogP contribution in [0.3, 0.4) is 0 Å². The number of amides is 2. The first kappa shape index (κ1) is 29.5. The summed E-state index contributed by atoms with van der Waals surface area (Å²) >= 11 is 8.85. The quantitative estimate of drug-likeness (QED) is 0.166. The molecule has 0 fully saturated rings. The maximum Gasteiger partial charge on any atom is 0.271 e. The van der Waals surface area contributed by atoms with Gasteiger partial charge in [0.25, 0.3) is 11.8 Å². The van der Waals surface area contributed by atoms with Gasteiger partial charge < -0.3 is 16.2 Å². The molecule has 0 aromatic carbocycles. The molecule has 5 aromatic heterocycles. The summed E-state index contributed by atoms with van der Waals surface area (Å²) in [5.41, 5.74) is 8.27. The summed E-state index contributed by atoms with van der Waals surface area (Å²) in [6.45, 7) is 5.80. The topological polar surface area (TPSA) is 157 Å². The molecule has 0 saturated carbocycles. The predicted octanol–water partition coefficient (Wildman–Crippen LogP) is 5.82. The van der Waals surface area contributed by atoms with E-state index < -0.39 is 18.1 Å². The Kier molecular flexibility index (Phi) is 9.01. The van der Waals surface area contributed by atoms with E-state index in [1.807, 2.05) is 22.9 Å². The number of hydrogen-bond donors (Lipinski definition) is 3. The number of primary amides is 1. The molecule has 2 atom stereocenters. The van der Waals surface area contributed by atoms with Gasteiger partial charge in [0.1, 0.15) is 48.4 Å². The van der Waals surface area contributed by atoms with Crippen molar-refractivity contribution in [3.05, 3.63) is 59.7 Å². The number of hydrogen-bond acceptors (Lipinski definition) is 12. The molecular formula is C26H24BrN7O3S4. The van der Waals surface area contributed by atoms with Crippen molar-refractivity contribution in [3.8, 4) is 32.7 Å². The minimum atomic E-state index is -0.921. The molecule has 10 nitrogen and oxygen atoms in total. The maximum absolute atomic E-state index is 13.0. The fourth-order valence-corrected chi connectivity index (χ4v) is 7.82. The van der Waals surface area contributed by atoms with Crippen molar-refractivity contribution >= 4 is 73.1 Å². The van der Waals surface area contributed by atoms with Gasteiger partial charge in [0, 0.05) is 33.5 Å². The molecule has 0 aliphatic heterocycles. The minimum Gasteiger partial charge on any atom is -0.391 e. The molecule has 5 heterocycles. The second-order valence-electron chi connectivity index (χ2n) is 9.46. The lowest BCUT2D eigenvalue weighted by molar-refractivity contribution is 0.0853. The summed E-state index contributed by atoms with van der Waals surface area (Å²) in [6.07, 6.45) is -0.129. The smallest absolute Gasteiger partial charge is 0.271 e. The van der Waals surface area contributed by atoms with E-state index in [1.165, 1.54) is 45.3 Å².